The fourth-order valence-electron chi connectivity index (χ4n) is 2.02. The Balaban J connectivity index is 1.91. The molecule has 18 heavy (non-hydrogen) atoms. The van der Waals surface area contributed by atoms with Crippen LogP contribution in [-0.2, 0) is 0 Å². The maximum atomic E-state index is 4.42. The molecule has 0 saturated heterocycles. The SMILES string of the molecule is CN(C)CCCCNc1nccc2ccccc12. The molecule has 3 nitrogen and oxygen atoms in total. The maximum absolute atomic E-state index is 4.42. The van der Waals surface area contributed by atoms with Crippen molar-refractivity contribution in [3.63, 3.8) is 0 Å². The van der Waals surface area contributed by atoms with Gasteiger partial charge in [-0.3, -0.25) is 0 Å². The molecule has 2 rings (SSSR count). The summed E-state index contributed by atoms with van der Waals surface area (Å²) in [6, 6.07) is 10.4. The van der Waals surface area contributed by atoms with Crippen LogP contribution < -0.4 is 5.32 Å². The molecule has 0 aliphatic carbocycles. The number of unbranched alkanes of at least 4 members (excludes halogenated alkanes) is 1. The molecule has 1 aromatic heterocycles. The van der Waals surface area contributed by atoms with Crippen LogP contribution in [0.2, 0.25) is 0 Å². The molecule has 0 aliphatic heterocycles. The molecule has 1 heterocycles. The van der Waals surface area contributed by atoms with E-state index < -0.39 is 0 Å². The summed E-state index contributed by atoms with van der Waals surface area (Å²) < 4.78 is 0. The summed E-state index contributed by atoms with van der Waals surface area (Å²) in [5.41, 5.74) is 0. The zero-order valence-electron chi connectivity index (χ0n) is 11.2. The fraction of sp³-hybridized carbons (Fsp3) is 0.400. The standard InChI is InChI=1S/C15H21N3/c1-18(2)12-6-5-10-16-15-14-8-4-3-7-13(14)9-11-17-15/h3-4,7-9,11H,5-6,10,12H2,1-2H3,(H,16,17). The second kappa shape index (κ2) is 6.36. The van der Waals surface area contributed by atoms with Gasteiger partial charge in [0.25, 0.3) is 0 Å². The topological polar surface area (TPSA) is 28.2 Å². The molecule has 0 fully saturated rings. The van der Waals surface area contributed by atoms with Gasteiger partial charge in [-0.2, -0.15) is 0 Å². The van der Waals surface area contributed by atoms with E-state index in [0.717, 1.165) is 18.9 Å². The molecule has 0 atom stereocenters. The van der Waals surface area contributed by atoms with E-state index in [4.69, 9.17) is 0 Å². The van der Waals surface area contributed by atoms with Gasteiger partial charge in [-0.05, 0) is 44.9 Å². The van der Waals surface area contributed by atoms with Crippen molar-refractivity contribution in [1.29, 1.82) is 0 Å². The Kier molecular flexibility index (Phi) is 4.53. The van der Waals surface area contributed by atoms with Crippen LogP contribution in [-0.4, -0.2) is 37.1 Å². The Hall–Kier alpha value is -1.61. The molecule has 0 saturated carbocycles. The highest BCUT2D eigenvalue weighted by Gasteiger charge is 2.00. The first kappa shape index (κ1) is 12.8. The number of hydrogen-bond donors (Lipinski definition) is 1. The summed E-state index contributed by atoms with van der Waals surface area (Å²) >= 11 is 0. The van der Waals surface area contributed by atoms with Crippen molar-refractivity contribution in [3.8, 4) is 0 Å². The Bertz CT molecular complexity index is 489. The Morgan fingerprint density at radius 2 is 1.94 bits per heavy atom. The molecule has 96 valence electrons. The predicted molar refractivity (Wildman–Crippen MR) is 78.0 cm³/mol. The Morgan fingerprint density at radius 1 is 1.11 bits per heavy atom. The number of rotatable bonds is 6. The van der Waals surface area contributed by atoms with Gasteiger partial charge in [0.1, 0.15) is 5.82 Å². The lowest BCUT2D eigenvalue weighted by molar-refractivity contribution is 0.396. The normalized spacial score (nSPS) is 11.1. The maximum Gasteiger partial charge on any atom is 0.133 e. The van der Waals surface area contributed by atoms with Gasteiger partial charge < -0.3 is 10.2 Å². The van der Waals surface area contributed by atoms with Crippen LogP contribution in [0.25, 0.3) is 10.8 Å². The van der Waals surface area contributed by atoms with Crippen molar-refractivity contribution in [1.82, 2.24) is 9.88 Å². The quantitative estimate of drug-likeness (QED) is 0.791. The number of hydrogen-bond acceptors (Lipinski definition) is 3. The molecular weight excluding hydrogens is 222 g/mol. The third-order valence-corrected chi connectivity index (χ3v) is 3.00. The van der Waals surface area contributed by atoms with Gasteiger partial charge in [0, 0.05) is 18.1 Å². The molecule has 0 radical (unpaired) electrons. The van der Waals surface area contributed by atoms with E-state index in [1.54, 1.807) is 0 Å². The summed E-state index contributed by atoms with van der Waals surface area (Å²) in [6.45, 7) is 2.12. The number of nitrogens with zero attached hydrogens (tertiary/aromatic N) is 2. The molecule has 2 aromatic rings. The van der Waals surface area contributed by atoms with Gasteiger partial charge >= 0.3 is 0 Å². The highest BCUT2D eigenvalue weighted by atomic mass is 15.0. The lowest BCUT2D eigenvalue weighted by Crippen LogP contribution is -2.14. The molecule has 0 bridgehead atoms. The lowest BCUT2D eigenvalue weighted by Gasteiger charge is -2.10. The van der Waals surface area contributed by atoms with E-state index in [-0.39, 0.29) is 0 Å². The summed E-state index contributed by atoms with van der Waals surface area (Å²) in [5, 5.41) is 5.87. The highest BCUT2D eigenvalue weighted by molar-refractivity contribution is 5.91. The van der Waals surface area contributed by atoms with Crippen LogP contribution in [0.15, 0.2) is 36.5 Å². The van der Waals surface area contributed by atoms with Crippen LogP contribution in [0, 0.1) is 0 Å². The first-order valence-corrected chi connectivity index (χ1v) is 6.50. The summed E-state index contributed by atoms with van der Waals surface area (Å²) in [7, 11) is 4.22. The van der Waals surface area contributed by atoms with E-state index in [9.17, 15) is 0 Å². The molecule has 0 aliphatic rings. The zero-order valence-corrected chi connectivity index (χ0v) is 11.2. The second-order valence-corrected chi connectivity index (χ2v) is 4.82. The number of anilines is 1. The van der Waals surface area contributed by atoms with Crippen molar-refractivity contribution in [2.24, 2.45) is 0 Å². The van der Waals surface area contributed by atoms with Gasteiger partial charge in [0.05, 0.1) is 0 Å². The van der Waals surface area contributed by atoms with E-state index in [1.807, 2.05) is 12.3 Å². The summed E-state index contributed by atoms with van der Waals surface area (Å²) in [4.78, 5) is 6.64. The molecule has 3 heteroatoms. The van der Waals surface area contributed by atoms with Crippen LogP contribution >= 0.6 is 0 Å². The molecule has 1 N–H and O–H groups in total. The van der Waals surface area contributed by atoms with Crippen LogP contribution in [0.4, 0.5) is 5.82 Å². The molecule has 0 unspecified atom stereocenters. The second-order valence-electron chi connectivity index (χ2n) is 4.82. The van der Waals surface area contributed by atoms with Crippen LogP contribution in [0.1, 0.15) is 12.8 Å². The van der Waals surface area contributed by atoms with Crippen molar-refractivity contribution in [3.05, 3.63) is 36.5 Å². The smallest absolute Gasteiger partial charge is 0.133 e. The lowest BCUT2D eigenvalue weighted by atomic mass is 10.1. The number of benzene rings is 1. The van der Waals surface area contributed by atoms with E-state index in [0.29, 0.717) is 0 Å². The highest BCUT2D eigenvalue weighted by Crippen LogP contribution is 2.20. The average molecular weight is 243 g/mol. The van der Waals surface area contributed by atoms with Crippen LogP contribution in [0.3, 0.4) is 0 Å². The Labute approximate surface area is 109 Å². The zero-order chi connectivity index (χ0) is 12.8. The molecular formula is C15H21N3. The molecule has 0 amide bonds. The number of pyridine rings is 1. The van der Waals surface area contributed by atoms with Crippen molar-refractivity contribution in [2.75, 3.05) is 32.5 Å². The third-order valence-electron chi connectivity index (χ3n) is 3.00. The average Bonchev–Trinajstić information content (AvgIpc) is 2.38. The third kappa shape index (κ3) is 3.44. The number of fused-ring (bicyclic) bond motifs is 1. The van der Waals surface area contributed by atoms with Crippen LogP contribution in [0.5, 0.6) is 0 Å². The van der Waals surface area contributed by atoms with Gasteiger partial charge in [-0.15, -0.1) is 0 Å². The largest absolute Gasteiger partial charge is 0.370 e. The van der Waals surface area contributed by atoms with Gasteiger partial charge in [-0.25, -0.2) is 4.98 Å². The van der Waals surface area contributed by atoms with E-state index in [1.165, 1.54) is 23.6 Å². The first-order valence-electron chi connectivity index (χ1n) is 6.50. The van der Waals surface area contributed by atoms with Gasteiger partial charge in [0.2, 0.25) is 0 Å². The first-order chi connectivity index (χ1) is 8.77. The van der Waals surface area contributed by atoms with E-state index >= 15 is 0 Å². The van der Waals surface area contributed by atoms with Crippen molar-refractivity contribution < 1.29 is 0 Å². The van der Waals surface area contributed by atoms with Crippen molar-refractivity contribution >= 4 is 16.6 Å². The molecule has 1 aromatic carbocycles. The van der Waals surface area contributed by atoms with E-state index in [2.05, 4.69) is 53.6 Å². The number of aromatic nitrogens is 1. The fourth-order valence-corrected chi connectivity index (χ4v) is 2.02. The predicted octanol–water partition coefficient (Wildman–Crippen LogP) is 2.99. The minimum atomic E-state index is 0.981. The minimum absolute atomic E-state index is 0.981. The molecule has 0 spiro atoms. The summed E-state index contributed by atoms with van der Waals surface area (Å²) in [6.07, 6.45) is 4.25. The van der Waals surface area contributed by atoms with Gasteiger partial charge in [0.15, 0.2) is 0 Å². The monoisotopic (exact) mass is 243 g/mol. The number of nitrogens with one attached hydrogen (secondary N) is 1. The summed E-state index contributed by atoms with van der Waals surface area (Å²) in [5.74, 6) is 0.998. The Morgan fingerprint density at radius 3 is 2.78 bits per heavy atom. The van der Waals surface area contributed by atoms with Crippen molar-refractivity contribution in [2.45, 2.75) is 12.8 Å². The minimum Gasteiger partial charge on any atom is -0.370 e. The van der Waals surface area contributed by atoms with Gasteiger partial charge in [-0.1, -0.05) is 24.3 Å².